The van der Waals surface area contributed by atoms with Crippen LogP contribution in [0, 0.1) is 0 Å². The van der Waals surface area contributed by atoms with Gasteiger partial charge in [0.1, 0.15) is 5.75 Å². The summed E-state index contributed by atoms with van der Waals surface area (Å²) in [5.41, 5.74) is 1.32. The van der Waals surface area contributed by atoms with E-state index in [1.807, 2.05) is 24.3 Å². The van der Waals surface area contributed by atoms with Crippen LogP contribution in [0.4, 0.5) is 0 Å². The Labute approximate surface area is 148 Å². The molecule has 1 fully saturated rings. The minimum Gasteiger partial charge on any atom is -0.497 e. The van der Waals surface area contributed by atoms with Gasteiger partial charge in [-0.2, -0.15) is 5.10 Å². The van der Waals surface area contributed by atoms with Gasteiger partial charge in [0, 0.05) is 25.3 Å². The van der Waals surface area contributed by atoms with Crippen molar-refractivity contribution in [2.24, 2.45) is 0 Å². The molecule has 0 aliphatic carbocycles. The Kier molecular flexibility index (Phi) is 5.71. The van der Waals surface area contributed by atoms with Crippen molar-refractivity contribution in [1.29, 1.82) is 0 Å². The maximum absolute atomic E-state index is 12.3. The second-order valence-corrected chi connectivity index (χ2v) is 6.48. The number of nitrogens with one attached hydrogen (secondary N) is 1. The smallest absolute Gasteiger partial charge is 0.271 e. The van der Waals surface area contributed by atoms with E-state index in [0.29, 0.717) is 18.3 Å². The lowest BCUT2D eigenvalue weighted by molar-refractivity contribution is 0.0933. The fourth-order valence-corrected chi connectivity index (χ4v) is 3.22. The molecule has 0 bridgehead atoms. The first-order valence-corrected chi connectivity index (χ1v) is 8.90. The predicted octanol–water partition coefficient (Wildman–Crippen LogP) is 2.49. The SMILES string of the molecule is COc1ccc(-n2ccc(C(=O)NCCN3CCCC[C@H]3C)n2)cc1. The summed E-state index contributed by atoms with van der Waals surface area (Å²) in [4.78, 5) is 14.7. The van der Waals surface area contributed by atoms with E-state index in [9.17, 15) is 4.79 Å². The summed E-state index contributed by atoms with van der Waals surface area (Å²) >= 11 is 0. The van der Waals surface area contributed by atoms with Crippen molar-refractivity contribution in [1.82, 2.24) is 20.0 Å². The molecule has 1 N–H and O–H groups in total. The third kappa shape index (κ3) is 4.39. The minimum absolute atomic E-state index is 0.128. The van der Waals surface area contributed by atoms with Gasteiger partial charge in [0.05, 0.1) is 12.8 Å². The number of carbonyl (C=O) groups excluding carboxylic acids is 1. The highest BCUT2D eigenvalue weighted by Crippen LogP contribution is 2.16. The van der Waals surface area contributed by atoms with E-state index < -0.39 is 0 Å². The molecule has 1 aromatic heterocycles. The lowest BCUT2D eigenvalue weighted by atomic mass is 10.0. The molecule has 0 radical (unpaired) electrons. The summed E-state index contributed by atoms with van der Waals surface area (Å²) in [6, 6.07) is 9.91. The molecule has 1 aromatic carbocycles. The maximum Gasteiger partial charge on any atom is 0.271 e. The molecule has 1 atom stereocenters. The van der Waals surface area contributed by atoms with Crippen molar-refractivity contribution in [2.75, 3.05) is 26.7 Å². The quantitative estimate of drug-likeness (QED) is 0.876. The minimum atomic E-state index is -0.128. The first-order chi connectivity index (χ1) is 12.2. The van der Waals surface area contributed by atoms with Crippen molar-refractivity contribution in [3.8, 4) is 11.4 Å². The second kappa shape index (κ2) is 8.16. The van der Waals surface area contributed by atoms with Crippen molar-refractivity contribution in [3.63, 3.8) is 0 Å². The van der Waals surface area contributed by atoms with Crippen LogP contribution in [0.5, 0.6) is 5.75 Å². The summed E-state index contributed by atoms with van der Waals surface area (Å²) < 4.78 is 6.85. The zero-order valence-electron chi connectivity index (χ0n) is 14.9. The molecule has 0 unspecified atom stereocenters. The van der Waals surface area contributed by atoms with Crippen LogP contribution >= 0.6 is 0 Å². The number of rotatable bonds is 6. The molecular weight excluding hydrogens is 316 g/mol. The van der Waals surface area contributed by atoms with E-state index in [-0.39, 0.29) is 5.91 Å². The van der Waals surface area contributed by atoms with Gasteiger partial charge < -0.3 is 10.1 Å². The van der Waals surface area contributed by atoms with Crippen LogP contribution in [-0.4, -0.2) is 53.4 Å². The normalized spacial score (nSPS) is 18.1. The molecule has 2 heterocycles. The highest BCUT2D eigenvalue weighted by Gasteiger charge is 2.18. The number of likely N-dealkylation sites (tertiary alicyclic amines) is 1. The Morgan fingerprint density at radius 3 is 2.80 bits per heavy atom. The summed E-state index contributed by atoms with van der Waals surface area (Å²) in [5, 5.41) is 7.34. The van der Waals surface area contributed by atoms with E-state index in [0.717, 1.165) is 24.5 Å². The largest absolute Gasteiger partial charge is 0.497 e. The van der Waals surface area contributed by atoms with E-state index >= 15 is 0 Å². The summed E-state index contributed by atoms with van der Waals surface area (Å²) in [6.07, 6.45) is 5.61. The number of nitrogens with zero attached hydrogens (tertiary/aromatic N) is 3. The molecule has 1 aliphatic heterocycles. The van der Waals surface area contributed by atoms with Crippen LogP contribution in [0.25, 0.3) is 5.69 Å². The van der Waals surface area contributed by atoms with E-state index in [2.05, 4.69) is 22.2 Å². The fourth-order valence-electron chi connectivity index (χ4n) is 3.22. The second-order valence-electron chi connectivity index (χ2n) is 6.48. The van der Waals surface area contributed by atoms with E-state index in [1.54, 1.807) is 24.1 Å². The number of carbonyl (C=O) groups is 1. The van der Waals surface area contributed by atoms with Crippen LogP contribution in [0.1, 0.15) is 36.7 Å². The van der Waals surface area contributed by atoms with Gasteiger partial charge in [0.25, 0.3) is 5.91 Å². The number of piperidine rings is 1. The summed E-state index contributed by atoms with van der Waals surface area (Å²) in [6.45, 7) is 4.94. The van der Waals surface area contributed by atoms with Gasteiger partial charge in [-0.3, -0.25) is 9.69 Å². The van der Waals surface area contributed by atoms with Crippen molar-refractivity contribution < 1.29 is 9.53 Å². The number of hydrogen-bond donors (Lipinski definition) is 1. The van der Waals surface area contributed by atoms with Gasteiger partial charge in [-0.25, -0.2) is 4.68 Å². The maximum atomic E-state index is 12.3. The standard InChI is InChI=1S/C19H26N4O2/c1-15-5-3-4-12-22(15)14-11-20-19(24)18-10-13-23(21-18)16-6-8-17(25-2)9-7-16/h6-10,13,15H,3-5,11-12,14H2,1-2H3,(H,20,24)/t15-/m1/s1. The average molecular weight is 342 g/mol. The number of methoxy groups -OCH3 is 1. The third-order valence-corrected chi connectivity index (χ3v) is 4.78. The molecule has 1 saturated heterocycles. The van der Waals surface area contributed by atoms with E-state index in [1.165, 1.54) is 19.3 Å². The van der Waals surface area contributed by atoms with E-state index in [4.69, 9.17) is 4.74 Å². The van der Waals surface area contributed by atoms with Gasteiger partial charge in [0.2, 0.25) is 0 Å². The summed E-state index contributed by atoms with van der Waals surface area (Å²) in [5.74, 6) is 0.665. The zero-order chi connectivity index (χ0) is 17.6. The molecule has 2 aromatic rings. The lowest BCUT2D eigenvalue weighted by Crippen LogP contribution is -2.42. The van der Waals surface area contributed by atoms with Gasteiger partial charge in [-0.15, -0.1) is 0 Å². The number of amides is 1. The zero-order valence-corrected chi connectivity index (χ0v) is 14.9. The Bertz CT molecular complexity index is 696. The molecule has 1 amide bonds. The number of ether oxygens (including phenoxy) is 1. The molecule has 0 saturated carbocycles. The molecule has 1 aliphatic rings. The topological polar surface area (TPSA) is 59.4 Å². The lowest BCUT2D eigenvalue weighted by Gasteiger charge is -2.33. The highest BCUT2D eigenvalue weighted by atomic mass is 16.5. The van der Waals surface area contributed by atoms with Gasteiger partial charge >= 0.3 is 0 Å². The molecular formula is C19H26N4O2. The summed E-state index contributed by atoms with van der Waals surface area (Å²) in [7, 11) is 1.63. The molecule has 3 rings (SSSR count). The van der Waals surface area contributed by atoms with Crippen LogP contribution in [0.2, 0.25) is 0 Å². The molecule has 0 spiro atoms. The van der Waals surface area contributed by atoms with Crippen LogP contribution in [0.3, 0.4) is 0 Å². The fraction of sp³-hybridized carbons (Fsp3) is 0.474. The Morgan fingerprint density at radius 1 is 1.28 bits per heavy atom. The van der Waals surface area contributed by atoms with Crippen molar-refractivity contribution in [3.05, 3.63) is 42.2 Å². The molecule has 6 heteroatoms. The molecule has 134 valence electrons. The predicted molar refractivity (Wildman–Crippen MR) is 97.3 cm³/mol. The molecule has 6 nitrogen and oxygen atoms in total. The highest BCUT2D eigenvalue weighted by molar-refractivity contribution is 5.92. The Hall–Kier alpha value is -2.34. The third-order valence-electron chi connectivity index (χ3n) is 4.78. The molecule has 25 heavy (non-hydrogen) atoms. The number of aromatic nitrogens is 2. The van der Waals surface area contributed by atoms with Crippen LogP contribution in [-0.2, 0) is 0 Å². The Balaban J connectivity index is 1.53. The van der Waals surface area contributed by atoms with Crippen molar-refractivity contribution >= 4 is 5.91 Å². The monoisotopic (exact) mass is 342 g/mol. The number of benzene rings is 1. The van der Waals surface area contributed by atoms with Crippen molar-refractivity contribution in [2.45, 2.75) is 32.2 Å². The first-order valence-electron chi connectivity index (χ1n) is 8.90. The van der Waals surface area contributed by atoms with Crippen LogP contribution in [0.15, 0.2) is 36.5 Å². The van der Waals surface area contributed by atoms with Crippen LogP contribution < -0.4 is 10.1 Å². The first kappa shape index (κ1) is 17.5. The van der Waals surface area contributed by atoms with Gasteiger partial charge in [0.15, 0.2) is 5.69 Å². The van der Waals surface area contributed by atoms with Gasteiger partial charge in [-0.1, -0.05) is 6.42 Å². The number of hydrogen-bond acceptors (Lipinski definition) is 4. The Morgan fingerprint density at radius 2 is 2.08 bits per heavy atom. The van der Waals surface area contributed by atoms with Gasteiger partial charge in [-0.05, 0) is 56.6 Å². The average Bonchev–Trinajstić information content (AvgIpc) is 3.13.